The van der Waals surface area contributed by atoms with Crippen LogP contribution in [0.25, 0.3) is 0 Å². The van der Waals surface area contributed by atoms with Crippen molar-refractivity contribution in [3.8, 4) is 0 Å². The Morgan fingerprint density at radius 2 is 2.13 bits per heavy atom. The number of rotatable bonds is 5. The van der Waals surface area contributed by atoms with Crippen LogP contribution in [0.2, 0.25) is 0 Å². The van der Waals surface area contributed by atoms with E-state index in [1.807, 2.05) is 4.57 Å². The van der Waals surface area contributed by atoms with Crippen LogP contribution in [0.4, 0.5) is 13.2 Å². The fraction of sp³-hybridized carbons (Fsp3) is 0.375. The molecule has 0 unspecified atom stereocenters. The Hall–Kier alpha value is -2.31. The second-order valence-corrected chi connectivity index (χ2v) is 5.72. The lowest BCUT2D eigenvalue weighted by atomic mass is 9.93. The summed E-state index contributed by atoms with van der Waals surface area (Å²) in [4.78, 5) is 16.3. The van der Waals surface area contributed by atoms with Gasteiger partial charge in [-0.3, -0.25) is 4.79 Å². The van der Waals surface area contributed by atoms with Crippen molar-refractivity contribution in [1.82, 2.24) is 14.9 Å². The normalized spacial score (nSPS) is 16.1. The molecule has 0 saturated heterocycles. The minimum absolute atomic E-state index is 0.211. The fourth-order valence-corrected chi connectivity index (χ4v) is 2.65. The number of imidazole rings is 1. The standard InChI is InChI=1S/C16H16F3N3O/c17-16(18,19)13-3-1-2-12(10-13)15(4-5-15)14(23)21-7-9-22-8-6-20-11-22/h1-3,6,8,10-11H,4-5,7,9H2,(H,21,23). The number of nitrogens with zero attached hydrogens (tertiary/aromatic N) is 2. The summed E-state index contributed by atoms with van der Waals surface area (Å²) >= 11 is 0. The summed E-state index contributed by atoms with van der Waals surface area (Å²) in [6.45, 7) is 0.986. The van der Waals surface area contributed by atoms with Crippen molar-refractivity contribution in [2.24, 2.45) is 0 Å². The molecule has 1 N–H and O–H groups in total. The van der Waals surface area contributed by atoms with E-state index in [0.29, 0.717) is 31.5 Å². The molecule has 1 aliphatic rings. The maximum absolute atomic E-state index is 12.8. The van der Waals surface area contributed by atoms with Gasteiger partial charge < -0.3 is 9.88 Å². The Morgan fingerprint density at radius 1 is 1.35 bits per heavy atom. The second-order valence-electron chi connectivity index (χ2n) is 5.72. The van der Waals surface area contributed by atoms with Crippen LogP contribution in [-0.4, -0.2) is 22.0 Å². The molecule has 3 rings (SSSR count). The molecule has 0 radical (unpaired) electrons. The number of alkyl halides is 3. The Labute approximate surface area is 131 Å². The van der Waals surface area contributed by atoms with E-state index >= 15 is 0 Å². The molecule has 0 bridgehead atoms. The zero-order valence-electron chi connectivity index (χ0n) is 12.3. The number of carbonyl (C=O) groups is 1. The quantitative estimate of drug-likeness (QED) is 0.920. The molecule has 1 fully saturated rings. The van der Waals surface area contributed by atoms with E-state index < -0.39 is 17.2 Å². The van der Waals surface area contributed by atoms with Gasteiger partial charge in [-0.05, 0) is 24.5 Å². The molecule has 23 heavy (non-hydrogen) atoms. The highest BCUT2D eigenvalue weighted by Crippen LogP contribution is 2.49. The zero-order chi connectivity index (χ0) is 16.5. The van der Waals surface area contributed by atoms with Gasteiger partial charge in [0.25, 0.3) is 0 Å². The average Bonchev–Trinajstić information content (AvgIpc) is 3.17. The van der Waals surface area contributed by atoms with Crippen LogP contribution in [0, 0.1) is 0 Å². The summed E-state index contributed by atoms with van der Waals surface area (Å²) in [7, 11) is 0. The van der Waals surface area contributed by atoms with Crippen molar-refractivity contribution in [3.05, 3.63) is 54.1 Å². The van der Waals surface area contributed by atoms with Gasteiger partial charge in [-0.15, -0.1) is 0 Å². The van der Waals surface area contributed by atoms with Gasteiger partial charge in [0, 0.05) is 25.5 Å². The van der Waals surface area contributed by atoms with Crippen molar-refractivity contribution < 1.29 is 18.0 Å². The summed E-state index contributed by atoms with van der Waals surface area (Å²) in [6.07, 6.45) is 1.82. The maximum atomic E-state index is 12.8. The van der Waals surface area contributed by atoms with E-state index in [1.54, 1.807) is 24.8 Å². The van der Waals surface area contributed by atoms with Gasteiger partial charge in [0.1, 0.15) is 0 Å². The minimum atomic E-state index is -4.40. The van der Waals surface area contributed by atoms with Gasteiger partial charge in [0.2, 0.25) is 5.91 Å². The third-order valence-electron chi connectivity index (χ3n) is 4.14. The van der Waals surface area contributed by atoms with Gasteiger partial charge in [-0.25, -0.2) is 4.98 Å². The molecule has 1 heterocycles. The predicted octanol–water partition coefficient (Wildman–Crippen LogP) is 2.75. The number of benzene rings is 1. The predicted molar refractivity (Wildman–Crippen MR) is 77.6 cm³/mol. The lowest BCUT2D eigenvalue weighted by Crippen LogP contribution is -2.36. The highest BCUT2D eigenvalue weighted by Gasteiger charge is 2.51. The minimum Gasteiger partial charge on any atom is -0.354 e. The summed E-state index contributed by atoms with van der Waals surface area (Å²) in [6, 6.07) is 5.06. The Bertz CT molecular complexity index is 691. The average molecular weight is 323 g/mol. The van der Waals surface area contributed by atoms with Gasteiger partial charge >= 0.3 is 6.18 Å². The highest BCUT2D eigenvalue weighted by molar-refractivity contribution is 5.91. The maximum Gasteiger partial charge on any atom is 0.416 e. The molecule has 122 valence electrons. The third-order valence-corrected chi connectivity index (χ3v) is 4.14. The summed E-state index contributed by atoms with van der Waals surface area (Å²) < 4.78 is 40.3. The number of hydrogen-bond acceptors (Lipinski definition) is 2. The molecular formula is C16H16F3N3O. The number of carbonyl (C=O) groups excluding carboxylic acids is 1. The SMILES string of the molecule is O=C(NCCn1ccnc1)C1(c2cccc(C(F)(F)F)c2)CC1. The van der Waals surface area contributed by atoms with Crippen LogP contribution < -0.4 is 5.32 Å². The molecule has 0 atom stereocenters. The topological polar surface area (TPSA) is 46.9 Å². The van der Waals surface area contributed by atoms with Crippen LogP contribution in [0.1, 0.15) is 24.0 Å². The number of hydrogen-bond donors (Lipinski definition) is 1. The van der Waals surface area contributed by atoms with E-state index in [2.05, 4.69) is 10.3 Å². The molecule has 0 aliphatic heterocycles. The molecule has 4 nitrogen and oxygen atoms in total. The van der Waals surface area contributed by atoms with Gasteiger partial charge in [-0.1, -0.05) is 18.2 Å². The number of aromatic nitrogens is 2. The number of amides is 1. The summed E-state index contributed by atoms with van der Waals surface area (Å²) in [5, 5.41) is 2.81. The molecule has 1 aromatic carbocycles. The molecule has 0 spiro atoms. The lowest BCUT2D eigenvalue weighted by Gasteiger charge is -2.17. The van der Waals surface area contributed by atoms with Crippen molar-refractivity contribution in [3.63, 3.8) is 0 Å². The van der Waals surface area contributed by atoms with E-state index in [4.69, 9.17) is 0 Å². The monoisotopic (exact) mass is 323 g/mol. The molecule has 1 aromatic heterocycles. The van der Waals surface area contributed by atoms with Crippen molar-refractivity contribution in [2.75, 3.05) is 6.54 Å². The van der Waals surface area contributed by atoms with Crippen LogP contribution in [-0.2, 0) is 22.9 Å². The Morgan fingerprint density at radius 3 is 2.74 bits per heavy atom. The third kappa shape index (κ3) is 3.23. The second kappa shape index (κ2) is 5.72. The fourth-order valence-electron chi connectivity index (χ4n) is 2.65. The van der Waals surface area contributed by atoms with Gasteiger partial charge in [-0.2, -0.15) is 13.2 Å². The first kappa shape index (κ1) is 15.6. The van der Waals surface area contributed by atoms with Gasteiger partial charge in [0.15, 0.2) is 0 Å². The van der Waals surface area contributed by atoms with E-state index in [9.17, 15) is 18.0 Å². The molecule has 1 saturated carbocycles. The van der Waals surface area contributed by atoms with Crippen molar-refractivity contribution in [1.29, 1.82) is 0 Å². The lowest BCUT2D eigenvalue weighted by molar-refractivity contribution is -0.137. The number of halogens is 3. The Kier molecular flexibility index (Phi) is 3.87. The Balaban J connectivity index is 1.68. The molecule has 2 aromatic rings. The molecule has 1 aliphatic carbocycles. The first-order chi connectivity index (χ1) is 10.9. The van der Waals surface area contributed by atoms with Crippen LogP contribution in [0.5, 0.6) is 0 Å². The first-order valence-corrected chi connectivity index (χ1v) is 7.34. The van der Waals surface area contributed by atoms with E-state index in [0.717, 1.165) is 12.1 Å². The summed E-state index contributed by atoms with van der Waals surface area (Å²) in [5.74, 6) is -0.211. The zero-order valence-corrected chi connectivity index (χ0v) is 12.3. The largest absolute Gasteiger partial charge is 0.416 e. The van der Waals surface area contributed by atoms with E-state index in [1.165, 1.54) is 6.07 Å². The first-order valence-electron chi connectivity index (χ1n) is 7.34. The van der Waals surface area contributed by atoms with Crippen LogP contribution in [0.15, 0.2) is 43.0 Å². The smallest absolute Gasteiger partial charge is 0.354 e. The van der Waals surface area contributed by atoms with Crippen molar-refractivity contribution in [2.45, 2.75) is 31.0 Å². The number of nitrogens with one attached hydrogen (secondary N) is 1. The highest BCUT2D eigenvalue weighted by atomic mass is 19.4. The molecular weight excluding hydrogens is 307 g/mol. The van der Waals surface area contributed by atoms with Gasteiger partial charge in [0.05, 0.1) is 17.3 Å². The molecule has 1 amide bonds. The summed E-state index contributed by atoms with van der Waals surface area (Å²) in [5.41, 5.74) is -1.09. The molecule has 7 heteroatoms. The van der Waals surface area contributed by atoms with E-state index in [-0.39, 0.29) is 5.91 Å². The van der Waals surface area contributed by atoms with Crippen LogP contribution in [0.3, 0.4) is 0 Å². The van der Waals surface area contributed by atoms with Crippen LogP contribution >= 0.6 is 0 Å². The van der Waals surface area contributed by atoms with Crippen molar-refractivity contribution >= 4 is 5.91 Å².